The van der Waals surface area contributed by atoms with Crippen LogP contribution in [0.2, 0.25) is 0 Å². The summed E-state index contributed by atoms with van der Waals surface area (Å²) in [7, 11) is -2.46. The van der Waals surface area contributed by atoms with Crippen molar-refractivity contribution in [3.63, 3.8) is 0 Å². The quantitative estimate of drug-likeness (QED) is 0.854. The third-order valence-electron chi connectivity index (χ3n) is 2.99. The molecule has 23 heavy (non-hydrogen) atoms. The van der Waals surface area contributed by atoms with Crippen LogP contribution in [-0.2, 0) is 14.8 Å². The number of thiazole rings is 1. The van der Waals surface area contributed by atoms with E-state index in [2.05, 4.69) is 4.98 Å². The normalized spacial score (nSPS) is 12.8. The smallest absolute Gasteiger partial charge is 0.284 e. The first-order valence-corrected chi connectivity index (χ1v) is 9.02. The van der Waals surface area contributed by atoms with Gasteiger partial charge in [0.15, 0.2) is 0 Å². The van der Waals surface area contributed by atoms with Crippen LogP contribution in [0.3, 0.4) is 0 Å². The van der Waals surface area contributed by atoms with Gasteiger partial charge >= 0.3 is 0 Å². The number of halogens is 1. The number of nitrogens with one attached hydrogen (secondary N) is 1. The van der Waals surface area contributed by atoms with Crippen molar-refractivity contribution in [2.45, 2.75) is 12.2 Å². The molecule has 124 valence electrons. The van der Waals surface area contributed by atoms with Crippen molar-refractivity contribution in [1.29, 1.82) is 0 Å². The van der Waals surface area contributed by atoms with E-state index in [4.69, 9.17) is 4.74 Å². The van der Waals surface area contributed by atoms with Gasteiger partial charge in [-0.3, -0.25) is 4.79 Å². The van der Waals surface area contributed by atoms with Crippen LogP contribution in [0.25, 0.3) is 10.6 Å². The van der Waals surface area contributed by atoms with Crippen molar-refractivity contribution in [1.82, 2.24) is 9.71 Å². The van der Waals surface area contributed by atoms with E-state index in [9.17, 15) is 17.6 Å². The Hall–Kier alpha value is -1.84. The molecule has 1 aromatic carbocycles. The summed E-state index contributed by atoms with van der Waals surface area (Å²) in [5.74, 6) is -1.18. The summed E-state index contributed by atoms with van der Waals surface area (Å²) >= 11 is 1.17. The number of hydrogen-bond donors (Lipinski definition) is 1. The summed E-state index contributed by atoms with van der Waals surface area (Å²) < 4.78 is 43.5. The number of amides is 1. The lowest BCUT2D eigenvalue weighted by Crippen LogP contribution is -2.39. The Bertz CT molecular complexity index is 787. The van der Waals surface area contributed by atoms with Crippen molar-refractivity contribution in [3.05, 3.63) is 41.2 Å². The third-order valence-corrected chi connectivity index (χ3v) is 5.55. The Kier molecular flexibility index (Phi) is 5.45. The molecule has 0 aliphatic rings. The molecule has 1 amide bonds. The number of aromatic nitrogens is 1. The zero-order valence-electron chi connectivity index (χ0n) is 12.4. The average Bonchev–Trinajstić information content (AvgIpc) is 2.98. The minimum atomic E-state index is -3.84. The van der Waals surface area contributed by atoms with Gasteiger partial charge < -0.3 is 4.74 Å². The highest BCUT2D eigenvalue weighted by Gasteiger charge is 2.24. The highest BCUT2D eigenvalue weighted by Crippen LogP contribution is 2.24. The fraction of sp³-hybridized carbons (Fsp3) is 0.286. The SMILES string of the molecule is COC[C@@H](C)S(=O)(=O)NC(=O)c1csc(-c2ccc(F)cc2)n1. The summed E-state index contributed by atoms with van der Waals surface area (Å²) in [6, 6.07) is 5.64. The van der Waals surface area contributed by atoms with Gasteiger partial charge in [-0.15, -0.1) is 11.3 Å². The minimum Gasteiger partial charge on any atom is -0.383 e. The third kappa shape index (κ3) is 4.34. The number of carbonyl (C=O) groups excluding carboxylic acids is 1. The van der Waals surface area contributed by atoms with Gasteiger partial charge in [-0.1, -0.05) is 0 Å². The van der Waals surface area contributed by atoms with Gasteiger partial charge in [-0.05, 0) is 31.2 Å². The van der Waals surface area contributed by atoms with Crippen LogP contribution in [-0.4, -0.2) is 38.3 Å². The second-order valence-corrected chi connectivity index (χ2v) is 7.74. The van der Waals surface area contributed by atoms with Gasteiger partial charge in [-0.2, -0.15) is 0 Å². The molecule has 9 heteroatoms. The molecule has 0 fully saturated rings. The van der Waals surface area contributed by atoms with Crippen LogP contribution >= 0.6 is 11.3 Å². The minimum absolute atomic E-state index is 0.0116. The van der Waals surface area contributed by atoms with Crippen LogP contribution in [0, 0.1) is 5.82 Å². The molecule has 1 aromatic heterocycles. The number of ether oxygens (including phenoxy) is 1. The number of benzene rings is 1. The van der Waals surface area contributed by atoms with Gasteiger partial charge in [0.05, 0.1) is 6.61 Å². The lowest BCUT2D eigenvalue weighted by atomic mass is 10.2. The molecule has 1 N–H and O–H groups in total. The fourth-order valence-electron chi connectivity index (χ4n) is 1.71. The molecule has 0 unspecified atom stereocenters. The van der Waals surface area contributed by atoms with Gasteiger partial charge in [0.25, 0.3) is 5.91 Å². The maximum atomic E-state index is 12.9. The maximum absolute atomic E-state index is 12.9. The lowest BCUT2D eigenvalue weighted by molar-refractivity contribution is 0.0976. The molecule has 0 spiro atoms. The van der Waals surface area contributed by atoms with Gasteiger partial charge in [-0.25, -0.2) is 22.5 Å². The van der Waals surface area contributed by atoms with E-state index in [1.165, 1.54) is 55.0 Å². The van der Waals surface area contributed by atoms with Gasteiger partial charge in [0.1, 0.15) is 21.8 Å². The molecule has 0 saturated carbocycles. The molecule has 0 bridgehead atoms. The van der Waals surface area contributed by atoms with Crippen LogP contribution in [0.1, 0.15) is 17.4 Å². The number of hydrogen-bond acceptors (Lipinski definition) is 6. The van der Waals surface area contributed by atoms with Crippen molar-refractivity contribution >= 4 is 27.3 Å². The number of nitrogens with zero attached hydrogens (tertiary/aromatic N) is 1. The molecular weight excluding hydrogens is 343 g/mol. The van der Waals surface area contributed by atoms with Gasteiger partial charge in [0.2, 0.25) is 10.0 Å². The van der Waals surface area contributed by atoms with Crippen molar-refractivity contribution in [2.24, 2.45) is 0 Å². The highest BCUT2D eigenvalue weighted by atomic mass is 32.2. The lowest BCUT2D eigenvalue weighted by Gasteiger charge is -2.11. The van der Waals surface area contributed by atoms with Crippen LogP contribution < -0.4 is 4.72 Å². The van der Waals surface area contributed by atoms with E-state index in [1.807, 2.05) is 4.72 Å². The molecule has 0 radical (unpaired) electrons. The van der Waals surface area contributed by atoms with E-state index >= 15 is 0 Å². The molecule has 1 atom stereocenters. The first kappa shape index (κ1) is 17.5. The molecule has 6 nitrogen and oxygen atoms in total. The molecule has 1 heterocycles. The van der Waals surface area contributed by atoms with Crippen LogP contribution in [0.5, 0.6) is 0 Å². The topological polar surface area (TPSA) is 85.4 Å². The maximum Gasteiger partial charge on any atom is 0.284 e. The number of methoxy groups -OCH3 is 1. The van der Waals surface area contributed by atoms with Crippen LogP contribution in [0.15, 0.2) is 29.6 Å². The van der Waals surface area contributed by atoms with Gasteiger partial charge in [0, 0.05) is 18.1 Å². The molecule has 0 saturated heterocycles. The summed E-state index contributed by atoms with van der Waals surface area (Å²) in [4.78, 5) is 16.1. The number of sulfonamides is 1. The monoisotopic (exact) mass is 358 g/mol. The summed E-state index contributed by atoms with van der Waals surface area (Å²) in [5.41, 5.74) is 0.633. The second kappa shape index (κ2) is 7.16. The summed E-state index contributed by atoms with van der Waals surface area (Å²) in [6.45, 7) is 1.41. The van der Waals surface area contributed by atoms with E-state index < -0.39 is 21.2 Å². The van der Waals surface area contributed by atoms with Crippen LogP contribution in [0.4, 0.5) is 4.39 Å². The number of rotatable bonds is 6. The first-order chi connectivity index (χ1) is 10.8. The van der Waals surface area contributed by atoms with E-state index in [-0.39, 0.29) is 18.1 Å². The molecule has 2 rings (SSSR count). The molecule has 2 aromatic rings. The van der Waals surface area contributed by atoms with E-state index in [0.717, 1.165) is 0 Å². The average molecular weight is 358 g/mol. The zero-order chi connectivity index (χ0) is 17.0. The summed E-state index contributed by atoms with van der Waals surface area (Å²) in [5, 5.41) is 1.08. The van der Waals surface area contributed by atoms with E-state index in [1.54, 1.807) is 0 Å². The predicted molar refractivity (Wildman–Crippen MR) is 85.2 cm³/mol. The summed E-state index contributed by atoms with van der Waals surface area (Å²) in [6.07, 6.45) is 0. The zero-order valence-corrected chi connectivity index (χ0v) is 14.1. The Morgan fingerprint density at radius 3 is 2.65 bits per heavy atom. The predicted octanol–water partition coefficient (Wildman–Crippen LogP) is 2.04. The second-order valence-electron chi connectivity index (χ2n) is 4.79. The Morgan fingerprint density at radius 2 is 2.04 bits per heavy atom. The molecule has 0 aliphatic heterocycles. The largest absolute Gasteiger partial charge is 0.383 e. The van der Waals surface area contributed by atoms with Crippen molar-refractivity contribution in [2.75, 3.05) is 13.7 Å². The molecule has 0 aliphatic carbocycles. The Labute approximate surface area is 137 Å². The Morgan fingerprint density at radius 1 is 1.39 bits per heavy atom. The Balaban J connectivity index is 2.14. The molecular formula is C14H15FN2O4S2. The number of carbonyl (C=O) groups is 1. The fourth-order valence-corrected chi connectivity index (χ4v) is 3.40. The van der Waals surface area contributed by atoms with E-state index in [0.29, 0.717) is 10.6 Å². The van der Waals surface area contributed by atoms with Crippen molar-refractivity contribution < 1.29 is 22.3 Å². The highest BCUT2D eigenvalue weighted by molar-refractivity contribution is 7.90. The van der Waals surface area contributed by atoms with Crippen molar-refractivity contribution in [3.8, 4) is 10.6 Å². The first-order valence-electron chi connectivity index (χ1n) is 6.60. The standard InChI is InChI=1S/C14H15FN2O4S2/c1-9(7-21-2)23(19,20)17-13(18)12-8-22-14(16-12)10-3-5-11(15)6-4-10/h3-6,8-9H,7H2,1-2H3,(H,17,18)/t9-/m1/s1.